The Morgan fingerprint density at radius 3 is 2.57 bits per heavy atom. The van der Waals surface area contributed by atoms with Crippen LogP contribution in [0.15, 0.2) is 30.4 Å². The van der Waals surface area contributed by atoms with Crippen LogP contribution in [0.3, 0.4) is 0 Å². The zero-order chi connectivity index (χ0) is 13.8. The SMILES string of the molecule is C=C(C)C[C@H](c1cc(Cl)ccc1N)N1CCNCC1.Cl.Cl. The van der Waals surface area contributed by atoms with Crippen molar-refractivity contribution in [1.29, 1.82) is 0 Å². The van der Waals surface area contributed by atoms with E-state index < -0.39 is 0 Å². The number of benzene rings is 1. The average molecular weight is 353 g/mol. The highest BCUT2D eigenvalue weighted by Crippen LogP contribution is 2.33. The van der Waals surface area contributed by atoms with Crippen molar-refractivity contribution in [1.82, 2.24) is 10.2 Å². The molecule has 0 unspecified atom stereocenters. The van der Waals surface area contributed by atoms with Crippen LogP contribution in [-0.2, 0) is 0 Å². The highest BCUT2D eigenvalue weighted by molar-refractivity contribution is 6.30. The van der Waals surface area contributed by atoms with Crippen LogP contribution in [0.1, 0.15) is 24.9 Å². The van der Waals surface area contributed by atoms with Crippen molar-refractivity contribution in [3.8, 4) is 0 Å². The standard InChI is InChI=1S/C15H22ClN3.2ClH/c1-11(2)9-15(19-7-5-18-6-8-19)13-10-12(16)3-4-14(13)17;;/h3-4,10,15,18H,1,5-9,17H2,2H3;2*1H/t15-;;/m1../s1. The third kappa shape index (κ3) is 5.68. The fraction of sp³-hybridized carbons (Fsp3) is 0.467. The molecule has 6 heteroatoms. The van der Waals surface area contributed by atoms with E-state index in [0.717, 1.165) is 48.9 Å². The fourth-order valence-corrected chi connectivity index (χ4v) is 2.77. The van der Waals surface area contributed by atoms with Gasteiger partial charge in [0.2, 0.25) is 0 Å². The quantitative estimate of drug-likeness (QED) is 0.641. The fourth-order valence-electron chi connectivity index (χ4n) is 2.59. The lowest BCUT2D eigenvalue weighted by atomic mass is 9.96. The summed E-state index contributed by atoms with van der Waals surface area (Å²) in [6, 6.07) is 6.01. The number of anilines is 1. The molecule has 3 nitrogen and oxygen atoms in total. The van der Waals surface area contributed by atoms with E-state index in [0.29, 0.717) is 0 Å². The first-order valence-corrected chi connectivity index (χ1v) is 7.10. The van der Waals surface area contributed by atoms with Gasteiger partial charge in [0.25, 0.3) is 0 Å². The molecule has 1 heterocycles. The molecule has 1 aromatic rings. The number of nitrogens with zero attached hydrogens (tertiary/aromatic N) is 1. The Hall–Kier alpha value is -0.450. The van der Waals surface area contributed by atoms with Gasteiger partial charge in [0.1, 0.15) is 0 Å². The van der Waals surface area contributed by atoms with Gasteiger partial charge in [-0.1, -0.05) is 17.2 Å². The number of nitrogens with two attached hydrogens (primary N) is 1. The summed E-state index contributed by atoms with van der Waals surface area (Å²) >= 11 is 6.13. The summed E-state index contributed by atoms with van der Waals surface area (Å²) in [5, 5.41) is 4.12. The van der Waals surface area contributed by atoms with E-state index in [4.69, 9.17) is 17.3 Å². The predicted molar refractivity (Wildman–Crippen MR) is 97.0 cm³/mol. The Bertz CT molecular complexity index is 459. The van der Waals surface area contributed by atoms with Crippen LogP contribution in [0.4, 0.5) is 5.69 Å². The molecule has 3 N–H and O–H groups in total. The Balaban J connectivity index is 0.00000200. The molecule has 1 atom stereocenters. The van der Waals surface area contributed by atoms with Crippen LogP contribution in [0.5, 0.6) is 0 Å². The summed E-state index contributed by atoms with van der Waals surface area (Å²) in [6.07, 6.45) is 0.921. The summed E-state index contributed by atoms with van der Waals surface area (Å²) in [6.45, 7) is 10.2. The zero-order valence-corrected chi connectivity index (χ0v) is 14.7. The summed E-state index contributed by atoms with van der Waals surface area (Å²) in [7, 11) is 0. The van der Waals surface area contributed by atoms with Crippen LogP contribution in [0.25, 0.3) is 0 Å². The topological polar surface area (TPSA) is 41.3 Å². The third-order valence-electron chi connectivity index (χ3n) is 3.54. The number of rotatable bonds is 4. The second-order valence-corrected chi connectivity index (χ2v) is 5.67. The number of halogens is 3. The lowest BCUT2D eigenvalue weighted by molar-refractivity contribution is 0.173. The monoisotopic (exact) mass is 351 g/mol. The molecular weight excluding hydrogens is 329 g/mol. The minimum absolute atomic E-state index is 0. The molecule has 21 heavy (non-hydrogen) atoms. The lowest BCUT2D eigenvalue weighted by Gasteiger charge is -2.36. The van der Waals surface area contributed by atoms with Crippen molar-refractivity contribution in [3.63, 3.8) is 0 Å². The number of nitrogens with one attached hydrogen (secondary N) is 1. The summed E-state index contributed by atoms with van der Waals surface area (Å²) in [4.78, 5) is 2.47. The van der Waals surface area contributed by atoms with Crippen LogP contribution in [0.2, 0.25) is 5.02 Å². The zero-order valence-electron chi connectivity index (χ0n) is 12.3. The molecule has 0 radical (unpaired) electrons. The van der Waals surface area contributed by atoms with Gasteiger partial charge in [0, 0.05) is 42.9 Å². The van der Waals surface area contributed by atoms with E-state index in [-0.39, 0.29) is 30.9 Å². The van der Waals surface area contributed by atoms with Gasteiger partial charge in [-0.05, 0) is 37.1 Å². The Morgan fingerprint density at radius 1 is 1.38 bits per heavy atom. The van der Waals surface area contributed by atoms with Crippen LogP contribution in [-0.4, -0.2) is 31.1 Å². The van der Waals surface area contributed by atoms with E-state index in [9.17, 15) is 0 Å². The number of piperazine rings is 1. The van der Waals surface area contributed by atoms with Gasteiger partial charge in [-0.15, -0.1) is 31.4 Å². The highest BCUT2D eigenvalue weighted by atomic mass is 35.5. The molecule has 1 saturated heterocycles. The molecule has 1 fully saturated rings. The molecule has 1 aliphatic rings. The minimum Gasteiger partial charge on any atom is -0.398 e. The minimum atomic E-state index is 0. The van der Waals surface area contributed by atoms with Crippen LogP contribution < -0.4 is 11.1 Å². The maximum Gasteiger partial charge on any atom is 0.0410 e. The second kappa shape index (κ2) is 9.54. The first-order chi connectivity index (χ1) is 9.08. The van der Waals surface area contributed by atoms with E-state index in [1.54, 1.807) is 0 Å². The number of hydrogen-bond acceptors (Lipinski definition) is 3. The first kappa shape index (κ1) is 20.6. The van der Waals surface area contributed by atoms with Gasteiger partial charge in [0.05, 0.1) is 0 Å². The van der Waals surface area contributed by atoms with Crippen molar-refractivity contribution < 1.29 is 0 Å². The van der Waals surface area contributed by atoms with Crippen molar-refractivity contribution >= 4 is 42.1 Å². The van der Waals surface area contributed by atoms with Crippen LogP contribution >= 0.6 is 36.4 Å². The smallest absolute Gasteiger partial charge is 0.0410 e. The number of nitrogen functional groups attached to an aromatic ring is 1. The highest BCUT2D eigenvalue weighted by Gasteiger charge is 2.23. The second-order valence-electron chi connectivity index (χ2n) is 5.24. The molecular formula is C15H24Cl3N3. The number of hydrogen-bond donors (Lipinski definition) is 2. The van der Waals surface area contributed by atoms with Crippen molar-refractivity contribution in [3.05, 3.63) is 40.9 Å². The molecule has 1 aromatic carbocycles. The normalized spacial score (nSPS) is 16.5. The maximum absolute atomic E-state index is 6.14. The molecule has 120 valence electrons. The molecule has 0 saturated carbocycles. The lowest BCUT2D eigenvalue weighted by Crippen LogP contribution is -2.45. The van der Waals surface area contributed by atoms with Gasteiger partial charge >= 0.3 is 0 Å². The molecule has 0 bridgehead atoms. The van der Waals surface area contributed by atoms with E-state index >= 15 is 0 Å². The van der Waals surface area contributed by atoms with Gasteiger partial charge in [0.15, 0.2) is 0 Å². The van der Waals surface area contributed by atoms with Gasteiger partial charge in [-0.3, -0.25) is 4.90 Å². The van der Waals surface area contributed by atoms with E-state index in [1.165, 1.54) is 5.57 Å². The van der Waals surface area contributed by atoms with Gasteiger partial charge in [-0.25, -0.2) is 0 Å². The summed E-state index contributed by atoms with van der Waals surface area (Å²) in [5.74, 6) is 0. The van der Waals surface area contributed by atoms with Gasteiger partial charge < -0.3 is 11.1 Å². The molecule has 0 amide bonds. The molecule has 0 spiro atoms. The summed E-state index contributed by atoms with van der Waals surface area (Å²) < 4.78 is 0. The predicted octanol–water partition coefficient (Wildman–Crippen LogP) is 3.68. The van der Waals surface area contributed by atoms with Crippen molar-refractivity contribution in [2.24, 2.45) is 0 Å². The Morgan fingerprint density at radius 2 is 2.00 bits per heavy atom. The van der Waals surface area contributed by atoms with Crippen LogP contribution in [0, 0.1) is 0 Å². The molecule has 2 rings (SSSR count). The molecule has 0 aliphatic carbocycles. The average Bonchev–Trinajstić information content (AvgIpc) is 2.40. The summed E-state index contributed by atoms with van der Waals surface area (Å²) in [5.41, 5.74) is 9.25. The Kier molecular flexibility index (Phi) is 9.34. The van der Waals surface area contributed by atoms with Crippen molar-refractivity contribution in [2.45, 2.75) is 19.4 Å². The maximum atomic E-state index is 6.14. The van der Waals surface area contributed by atoms with Gasteiger partial charge in [-0.2, -0.15) is 0 Å². The molecule has 0 aromatic heterocycles. The van der Waals surface area contributed by atoms with E-state index in [1.807, 2.05) is 18.2 Å². The Labute approximate surface area is 144 Å². The molecule has 1 aliphatic heterocycles. The largest absolute Gasteiger partial charge is 0.398 e. The van der Waals surface area contributed by atoms with Crippen molar-refractivity contribution in [2.75, 3.05) is 31.9 Å². The van der Waals surface area contributed by atoms with E-state index in [2.05, 4.69) is 23.7 Å². The first-order valence-electron chi connectivity index (χ1n) is 6.72. The third-order valence-corrected chi connectivity index (χ3v) is 3.78.